The van der Waals surface area contributed by atoms with E-state index in [1.807, 2.05) is 0 Å². The van der Waals surface area contributed by atoms with E-state index in [2.05, 4.69) is 34.7 Å². The fourth-order valence-electron chi connectivity index (χ4n) is 4.11. The normalized spacial score (nSPS) is 29.5. The van der Waals surface area contributed by atoms with Crippen LogP contribution in [0.15, 0.2) is 17.5 Å². The van der Waals surface area contributed by atoms with Crippen molar-refractivity contribution in [3.05, 3.63) is 22.4 Å². The quantitative estimate of drug-likeness (QED) is 0.923. The maximum absolute atomic E-state index is 13.1. The minimum absolute atomic E-state index is 0.108. The van der Waals surface area contributed by atoms with Gasteiger partial charge in [0.2, 0.25) is 5.91 Å². The molecule has 4 heteroatoms. The molecule has 1 N–H and O–H groups in total. The number of amides is 1. The molecule has 2 unspecified atom stereocenters. The van der Waals surface area contributed by atoms with Gasteiger partial charge in [-0.1, -0.05) is 25.8 Å². The van der Waals surface area contributed by atoms with Gasteiger partial charge in [0, 0.05) is 11.4 Å². The number of nitrogens with zero attached hydrogens (tertiary/aromatic N) is 1. The van der Waals surface area contributed by atoms with Gasteiger partial charge in [-0.25, -0.2) is 0 Å². The molecule has 21 heavy (non-hydrogen) atoms. The average Bonchev–Trinajstić information content (AvgIpc) is 2.92. The third-order valence-electron chi connectivity index (χ3n) is 5.58. The fourth-order valence-corrected chi connectivity index (χ4v) is 4.90. The number of rotatable bonds is 4. The highest BCUT2D eigenvalue weighted by Gasteiger charge is 2.53. The van der Waals surface area contributed by atoms with Gasteiger partial charge in [0.1, 0.15) is 6.17 Å². The van der Waals surface area contributed by atoms with Gasteiger partial charge in [0.05, 0.1) is 5.54 Å². The number of thiophene rings is 1. The maximum Gasteiger partial charge on any atom is 0.244 e. The number of hydrogen-bond donors (Lipinski definition) is 1. The molecule has 0 radical (unpaired) electrons. The van der Waals surface area contributed by atoms with Gasteiger partial charge in [-0.3, -0.25) is 10.1 Å². The molecule has 2 saturated carbocycles. The molecule has 2 heterocycles. The molecule has 1 aromatic heterocycles. The summed E-state index contributed by atoms with van der Waals surface area (Å²) in [5, 5.41) is 5.83. The summed E-state index contributed by atoms with van der Waals surface area (Å²) in [7, 11) is 0. The summed E-state index contributed by atoms with van der Waals surface area (Å²) in [6.07, 6.45) is 7.21. The monoisotopic (exact) mass is 304 g/mol. The van der Waals surface area contributed by atoms with E-state index in [0.29, 0.717) is 11.8 Å². The molecule has 0 bridgehead atoms. The predicted molar refractivity (Wildman–Crippen MR) is 85.0 cm³/mol. The molecule has 0 aromatic carbocycles. The molecular weight excluding hydrogens is 280 g/mol. The van der Waals surface area contributed by atoms with Crippen molar-refractivity contribution in [3.63, 3.8) is 0 Å². The summed E-state index contributed by atoms with van der Waals surface area (Å²) in [6.45, 7) is 3.23. The van der Waals surface area contributed by atoms with E-state index in [-0.39, 0.29) is 11.7 Å². The lowest BCUT2D eigenvalue weighted by molar-refractivity contribution is -0.133. The Morgan fingerprint density at radius 1 is 1.43 bits per heavy atom. The lowest BCUT2D eigenvalue weighted by Gasteiger charge is -2.26. The van der Waals surface area contributed by atoms with E-state index < -0.39 is 0 Å². The van der Waals surface area contributed by atoms with Crippen molar-refractivity contribution in [2.45, 2.75) is 57.2 Å². The highest BCUT2D eigenvalue weighted by molar-refractivity contribution is 7.10. The smallest absolute Gasteiger partial charge is 0.244 e. The van der Waals surface area contributed by atoms with Gasteiger partial charge in [-0.05, 0) is 49.0 Å². The summed E-state index contributed by atoms with van der Waals surface area (Å²) in [5.41, 5.74) is -0.252. The Labute approximate surface area is 130 Å². The van der Waals surface area contributed by atoms with Crippen molar-refractivity contribution in [3.8, 4) is 0 Å². The van der Waals surface area contributed by atoms with Crippen LogP contribution in [0.2, 0.25) is 0 Å². The summed E-state index contributed by atoms with van der Waals surface area (Å²) in [5.74, 6) is 1.85. The SMILES string of the molecule is CC(CN1C(=O)C2(CCCC2)NC1c1cccs1)C1CC1. The maximum atomic E-state index is 13.1. The number of nitrogens with one attached hydrogen (secondary N) is 1. The second-order valence-electron chi connectivity index (χ2n) is 7.12. The molecule has 1 amide bonds. The third kappa shape index (κ3) is 2.33. The molecule has 1 aromatic rings. The Balaban J connectivity index is 1.61. The number of hydrogen-bond acceptors (Lipinski definition) is 3. The molecule has 3 aliphatic rings. The Morgan fingerprint density at radius 2 is 2.19 bits per heavy atom. The topological polar surface area (TPSA) is 32.3 Å². The molecule has 114 valence electrons. The highest BCUT2D eigenvalue weighted by Crippen LogP contribution is 2.44. The first-order valence-electron chi connectivity index (χ1n) is 8.32. The van der Waals surface area contributed by atoms with Crippen LogP contribution in [0.25, 0.3) is 0 Å². The molecule has 4 rings (SSSR count). The van der Waals surface area contributed by atoms with Crippen LogP contribution in [-0.2, 0) is 4.79 Å². The van der Waals surface area contributed by atoms with Crippen molar-refractivity contribution >= 4 is 17.2 Å². The summed E-state index contributed by atoms with van der Waals surface area (Å²) < 4.78 is 0. The van der Waals surface area contributed by atoms with E-state index in [0.717, 1.165) is 25.3 Å². The zero-order valence-corrected chi connectivity index (χ0v) is 13.5. The van der Waals surface area contributed by atoms with E-state index in [4.69, 9.17) is 0 Å². The van der Waals surface area contributed by atoms with Crippen LogP contribution in [0.5, 0.6) is 0 Å². The van der Waals surface area contributed by atoms with Gasteiger partial charge in [-0.2, -0.15) is 0 Å². The molecule has 1 saturated heterocycles. The standard InChI is InChI=1S/C17H24N2OS/c1-12(13-6-7-13)11-19-15(14-5-4-10-21-14)18-17(16(19)20)8-2-3-9-17/h4-5,10,12-13,15,18H,2-3,6-9,11H2,1H3. The van der Waals surface area contributed by atoms with Crippen molar-refractivity contribution in [1.82, 2.24) is 10.2 Å². The lowest BCUT2D eigenvalue weighted by atomic mass is 9.97. The van der Waals surface area contributed by atoms with Crippen LogP contribution < -0.4 is 5.32 Å². The van der Waals surface area contributed by atoms with Crippen molar-refractivity contribution in [2.24, 2.45) is 11.8 Å². The molecule has 2 aliphatic carbocycles. The molecule has 1 spiro atoms. The zero-order valence-electron chi connectivity index (χ0n) is 12.7. The van der Waals surface area contributed by atoms with Gasteiger partial charge < -0.3 is 4.90 Å². The van der Waals surface area contributed by atoms with Crippen LogP contribution in [-0.4, -0.2) is 22.9 Å². The lowest BCUT2D eigenvalue weighted by Crippen LogP contribution is -2.44. The zero-order chi connectivity index (χ0) is 14.4. The molecule has 3 fully saturated rings. The van der Waals surface area contributed by atoms with Gasteiger partial charge >= 0.3 is 0 Å². The van der Waals surface area contributed by atoms with E-state index >= 15 is 0 Å². The van der Waals surface area contributed by atoms with Crippen molar-refractivity contribution < 1.29 is 4.79 Å². The molecule has 1 aliphatic heterocycles. The minimum Gasteiger partial charge on any atom is -0.320 e. The van der Waals surface area contributed by atoms with Gasteiger partial charge in [0.15, 0.2) is 0 Å². The molecule has 2 atom stereocenters. The number of carbonyl (C=O) groups is 1. The van der Waals surface area contributed by atoms with Crippen LogP contribution >= 0.6 is 11.3 Å². The first-order valence-corrected chi connectivity index (χ1v) is 9.20. The van der Waals surface area contributed by atoms with E-state index in [9.17, 15) is 4.79 Å². The predicted octanol–water partition coefficient (Wildman–Crippen LogP) is 3.54. The fraction of sp³-hybridized carbons (Fsp3) is 0.706. The number of carbonyl (C=O) groups excluding carboxylic acids is 1. The summed E-state index contributed by atoms with van der Waals surface area (Å²) in [6, 6.07) is 4.26. The Kier molecular flexibility index (Phi) is 3.34. The average molecular weight is 304 g/mol. The van der Waals surface area contributed by atoms with E-state index in [1.165, 1.54) is 30.6 Å². The van der Waals surface area contributed by atoms with Crippen LogP contribution in [0, 0.1) is 11.8 Å². The van der Waals surface area contributed by atoms with Gasteiger partial charge in [0.25, 0.3) is 0 Å². The Hall–Kier alpha value is -0.870. The molecule has 3 nitrogen and oxygen atoms in total. The van der Waals surface area contributed by atoms with Crippen molar-refractivity contribution in [2.75, 3.05) is 6.54 Å². The second kappa shape index (κ2) is 5.10. The molecular formula is C17H24N2OS. The van der Waals surface area contributed by atoms with E-state index in [1.54, 1.807) is 11.3 Å². The van der Waals surface area contributed by atoms with Crippen molar-refractivity contribution in [1.29, 1.82) is 0 Å². The Bertz CT molecular complexity index is 517. The second-order valence-corrected chi connectivity index (χ2v) is 8.10. The summed E-state index contributed by atoms with van der Waals surface area (Å²) in [4.78, 5) is 16.5. The third-order valence-corrected chi connectivity index (χ3v) is 6.50. The first kappa shape index (κ1) is 13.8. The van der Waals surface area contributed by atoms with Crippen LogP contribution in [0.4, 0.5) is 0 Å². The highest BCUT2D eigenvalue weighted by atomic mass is 32.1. The summed E-state index contributed by atoms with van der Waals surface area (Å²) >= 11 is 1.76. The van der Waals surface area contributed by atoms with Gasteiger partial charge in [-0.15, -0.1) is 11.3 Å². The largest absolute Gasteiger partial charge is 0.320 e. The van der Waals surface area contributed by atoms with Crippen LogP contribution in [0.3, 0.4) is 0 Å². The first-order chi connectivity index (χ1) is 10.2. The van der Waals surface area contributed by atoms with Crippen LogP contribution in [0.1, 0.15) is 56.5 Å². The minimum atomic E-state index is -0.252. The Morgan fingerprint density at radius 3 is 2.81 bits per heavy atom.